The van der Waals surface area contributed by atoms with Crippen LogP contribution in [0.15, 0.2) is 115 Å². The van der Waals surface area contributed by atoms with Crippen LogP contribution in [0.25, 0.3) is 6.08 Å². The fourth-order valence-corrected chi connectivity index (χ4v) is 8.84. The minimum Gasteiger partial charge on any atom is -1.00 e. The largest absolute Gasteiger partial charge is 1.00 e. The Kier molecular flexibility index (Phi) is 9.49. The number of aromatic hydroxyl groups is 1. The number of phenols is 1. The van der Waals surface area contributed by atoms with Crippen LogP contribution in [0, 0.1) is 20.8 Å². The maximum absolute atomic E-state index is 10.1. The topological polar surface area (TPSA) is 20.2 Å². The Morgan fingerprint density at radius 2 is 1.17 bits per heavy atom. The van der Waals surface area contributed by atoms with Gasteiger partial charge in [0.25, 0.3) is 0 Å². The van der Waals surface area contributed by atoms with Crippen LogP contribution in [-0.4, -0.2) is 11.3 Å². The molecule has 0 aliphatic carbocycles. The van der Waals surface area contributed by atoms with Crippen LogP contribution in [0.3, 0.4) is 0 Å². The molecule has 4 aromatic carbocycles. The highest BCUT2D eigenvalue weighted by Crippen LogP contribution is 2.55. The maximum atomic E-state index is 10.1. The van der Waals surface area contributed by atoms with E-state index in [1.807, 2.05) is 13.0 Å². The Morgan fingerprint density at radius 1 is 0.722 bits per heavy atom. The van der Waals surface area contributed by atoms with Gasteiger partial charge in [-0.1, -0.05) is 72.3 Å². The molecule has 4 rings (SSSR count). The predicted molar refractivity (Wildman–Crippen MR) is 155 cm³/mol. The number of hydrogen-bond donors (Lipinski definition) is 1. The van der Waals surface area contributed by atoms with Crippen molar-refractivity contribution in [2.24, 2.45) is 0 Å². The highest BCUT2D eigenvalue weighted by molar-refractivity contribution is 7.95. The Morgan fingerprint density at radius 3 is 1.61 bits per heavy atom. The number of hydrogen-bond acceptors (Lipinski definition) is 1. The number of benzene rings is 4. The maximum Gasteiger partial charge on any atom is 0.119 e. The molecule has 0 saturated carbocycles. The molecule has 0 fully saturated rings. The Balaban J connectivity index is 0.00000361. The summed E-state index contributed by atoms with van der Waals surface area (Å²) in [7, 11) is -1.88. The van der Waals surface area contributed by atoms with Crippen LogP contribution in [0.5, 0.6) is 5.75 Å². The van der Waals surface area contributed by atoms with Gasteiger partial charge in [-0.25, -0.2) is 0 Å². The van der Waals surface area contributed by atoms with Gasteiger partial charge in [0.05, 0.1) is 6.16 Å². The van der Waals surface area contributed by atoms with Crippen LogP contribution in [0.1, 0.15) is 29.2 Å². The number of rotatable bonds is 7. The minimum absolute atomic E-state index is 0. The SMILES string of the molecule is CC(/C=C/c1c(C)cc(O)c(C)c1C)=C\C[P+](c1ccccc1)(c1ccccc1)c1ccccc1.[Br-]. The van der Waals surface area contributed by atoms with E-state index in [1.54, 1.807) is 0 Å². The lowest BCUT2D eigenvalue weighted by atomic mass is 9.96. The molecule has 36 heavy (non-hydrogen) atoms. The molecule has 0 heterocycles. The van der Waals surface area contributed by atoms with Crippen molar-refractivity contribution in [3.63, 3.8) is 0 Å². The summed E-state index contributed by atoms with van der Waals surface area (Å²) in [5.74, 6) is 0.368. The normalized spacial score (nSPS) is 11.9. The van der Waals surface area contributed by atoms with Gasteiger partial charge in [-0.3, -0.25) is 0 Å². The quantitative estimate of drug-likeness (QED) is 0.266. The van der Waals surface area contributed by atoms with E-state index in [9.17, 15) is 5.11 Å². The molecule has 0 radical (unpaired) electrons. The van der Waals surface area contributed by atoms with E-state index in [2.05, 4.69) is 130 Å². The molecule has 0 unspecified atom stereocenters. The van der Waals surface area contributed by atoms with Crippen LogP contribution in [0.2, 0.25) is 0 Å². The first kappa shape index (κ1) is 27.7. The smallest absolute Gasteiger partial charge is 0.119 e. The molecular formula is C33H34BrOP. The highest BCUT2D eigenvalue weighted by atomic mass is 79.9. The van der Waals surface area contributed by atoms with Gasteiger partial charge in [0, 0.05) is 0 Å². The standard InChI is InChI=1S/C33H33OP.BrH/c1-25(20-21-32-26(2)24-33(34)28(4)27(32)3)22-23-35(29-14-8-5-9-15-29,30-16-10-6-11-17-30)31-18-12-7-13-19-31;/h5-22,24H,23H2,1-4H3;1H/b21-20+,25-22+;. The zero-order valence-electron chi connectivity index (χ0n) is 21.4. The summed E-state index contributed by atoms with van der Waals surface area (Å²) in [6.45, 7) is 8.30. The number of halogens is 1. The first-order chi connectivity index (χ1) is 16.9. The van der Waals surface area contributed by atoms with Crippen LogP contribution < -0.4 is 32.9 Å². The van der Waals surface area contributed by atoms with E-state index in [0.717, 1.165) is 22.9 Å². The highest BCUT2D eigenvalue weighted by Gasteiger charge is 2.44. The molecule has 1 nitrogen and oxygen atoms in total. The van der Waals surface area contributed by atoms with E-state index in [4.69, 9.17) is 0 Å². The number of allylic oxidation sites excluding steroid dienone is 3. The van der Waals surface area contributed by atoms with Crippen LogP contribution in [-0.2, 0) is 0 Å². The molecule has 3 heteroatoms. The van der Waals surface area contributed by atoms with Gasteiger partial charge in [0.15, 0.2) is 0 Å². The van der Waals surface area contributed by atoms with E-state index in [0.29, 0.717) is 5.75 Å². The third kappa shape index (κ3) is 5.72. The van der Waals surface area contributed by atoms with Crippen molar-refractivity contribution in [3.8, 4) is 5.75 Å². The van der Waals surface area contributed by atoms with Crippen molar-refractivity contribution in [3.05, 3.63) is 137 Å². The van der Waals surface area contributed by atoms with Gasteiger partial charge in [-0.05, 0) is 98.5 Å². The second-order valence-corrected chi connectivity index (χ2v) is 12.7. The molecular weight excluding hydrogens is 523 g/mol. The second kappa shape index (κ2) is 12.3. The average molecular weight is 558 g/mol. The molecule has 4 aromatic rings. The van der Waals surface area contributed by atoms with Crippen molar-refractivity contribution < 1.29 is 22.1 Å². The van der Waals surface area contributed by atoms with Crippen molar-refractivity contribution >= 4 is 29.3 Å². The predicted octanol–water partition coefficient (Wildman–Crippen LogP) is 4.28. The molecule has 0 bridgehead atoms. The van der Waals surface area contributed by atoms with Crippen LogP contribution >= 0.6 is 7.26 Å². The summed E-state index contributed by atoms with van der Waals surface area (Å²) < 4.78 is 0. The monoisotopic (exact) mass is 556 g/mol. The molecule has 0 aliphatic rings. The minimum atomic E-state index is -1.88. The van der Waals surface area contributed by atoms with Crippen molar-refractivity contribution in [1.29, 1.82) is 0 Å². The summed E-state index contributed by atoms with van der Waals surface area (Å²) in [5.41, 5.74) is 5.59. The van der Waals surface area contributed by atoms with Crippen LogP contribution in [0.4, 0.5) is 0 Å². The summed E-state index contributed by atoms with van der Waals surface area (Å²) >= 11 is 0. The zero-order chi connectivity index (χ0) is 24.8. The molecule has 0 amide bonds. The Labute approximate surface area is 227 Å². The molecule has 184 valence electrons. The fourth-order valence-electron chi connectivity index (χ4n) is 4.71. The number of phenolic OH excluding ortho intramolecular Hbond substituents is 1. The Bertz CT molecular complexity index is 1250. The Hall–Kier alpha value is -2.93. The van der Waals surface area contributed by atoms with E-state index in [1.165, 1.54) is 27.1 Å². The molecule has 0 aromatic heterocycles. The first-order valence-electron chi connectivity index (χ1n) is 12.1. The molecule has 0 spiro atoms. The summed E-state index contributed by atoms with van der Waals surface area (Å²) in [6, 6.07) is 34.8. The lowest BCUT2D eigenvalue weighted by Crippen LogP contribution is -3.00. The van der Waals surface area contributed by atoms with Crippen molar-refractivity contribution in [2.45, 2.75) is 27.7 Å². The average Bonchev–Trinajstić information content (AvgIpc) is 2.89. The third-order valence-electron chi connectivity index (χ3n) is 6.92. The van der Waals surface area contributed by atoms with Crippen molar-refractivity contribution in [2.75, 3.05) is 6.16 Å². The fraction of sp³-hybridized carbons (Fsp3) is 0.152. The third-order valence-corrected chi connectivity index (χ3v) is 11.2. The van der Waals surface area contributed by atoms with E-state index < -0.39 is 7.26 Å². The van der Waals surface area contributed by atoms with Gasteiger partial charge in [0.2, 0.25) is 0 Å². The van der Waals surface area contributed by atoms with Gasteiger partial charge < -0.3 is 22.1 Å². The first-order valence-corrected chi connectivity index (χ1v) is 14.1. The van der Waals surface area contributed by atoms with E-state index >= 15 is 0 Å². The molecule has 0 saturated heterocycles. The van der Waals surface area contributed by atoms with Gasteiger partial charge >= 0.3 is 0 Å². The summed E-state index contributed by atoms with van der Waals surface area (Å²) in [4.78, 5) is 0. The van der Waals surface area contributed by atoms with E-state index in [-0.39, 0.29) is 17.0 Å². The summed E-state index contributed by atoms with van der Waals surface area (Å²) in [6.07, 6.45) is 7.75. The lowest BCUT2D eigenvalue weighted by molar-refractivity contribution is -0.00000807. The van der Waals surface area contributed by atoms with Gasteiger partial charge in [0.1, 0.15) is 28.9 Å². The van der Waals surface area contributed by atoms with Gasteiger partial charge in [-0.15, -0.1) is 0 Å². The number of aryl methyl sites for hydroxylation is 1. The second-order valence-electron chi connectivity index (χ2n) is 9.16. The lowest BCUT2D eigenvalue weighted by Gasteiger charge is -2.26. The van der Waals surface area contributed by atoms with Crippen molar-refractivity contribution in [1.82, 2.24) is 0 Å². The molecule has 1 N–H and O–H groups in total. The molecule has 0 atom stereocenters. The molecule has 0 aliphatic heterocycles. The summed E-state index contributed by atoms with van der Waals surface area (Å²) in [5, 5.41) is 14.3. The zero-order valence-corrected chi connectivity index (χ0v) is 23.9. The van der Waals surface area contributed by atoms with Gasteiger partial charge in [-0.2, -0.15) is 0 Å².